The predicted octanol–water partition coefficient (Wildman–Crippen LogP) is 4.76. The molecule has 4 aromatic rings. The first-order valence-electron chi connectivity index (χ1n) is 15.4. The largest absolute Gasteiger partial charge is 0.493 e. The molecule has 0 aliphatic carbocycles. The van der Waals surface area contributed by atoms with E-state index in [-0.39, 0.29) is 5.91 Å². The van der Waals surface area contributed by atoms with Crippen LogP contribution in [-0.4, -0.2) is 87.2 Å². The number of aromatic nitrogens is 5. The Morgan fingerprint density at radius 3 is 2.59 bits per heavy atom. The van der Waals surface area contributed by atoms with E-state index < -0.39 is 0 Å². The predicted molar refractivity (Wildman–Crippen MR) is 168 cm³/mol. The van der Waals surface area contributed by atoms with E-state index >= 15 is 0 Å². The van der Waals surface area contributed by atoms with E-state index in [9.17, 15) is 4.79 Å². The van der Waals surface area contributed by atoms with Crippen molar-refractivity contribution in [3.63, 3.8) is 0 Å². The summed E-state index contributed by atoms with van der Waals surface area (Å²) in [6.45, 7) is 9.10. The van der Waals surface area contributed by atoms with Crippen molar-refractivity contribution < 1.29 is 19.0 Å². The summed E-state index contributed by atoms with van der Waals surface area (Å²) in [5, 5.41) is 0. The number of hydrogen-bond acceptors (Lipinski definition) is 8. The van der Waals surface area contributed by atoms with Crippen LogP contribution in [0.3, 0.4) is 0 Å². The standard InChI is InChI=1S/C33H43N7O4/c1-5-30-36-24(2)27(37-30)23-38-14-6-7-15-40(33(41)26-10-12-31(43-4)35-22-26)16-8-20-44-29-21-25(9-11-28(29)42-3)32-34-13-17-39(32)19-18-38/h9-13,17,21-22H,5-8,14-16,18-20,23H2,1-4H3,(H,36,37). The Hall–Kier alpha value is -4.38. The van der Waals surface area contributed by atoms with Crippen LogP contribution in [0.2, 0.25) is 0 Å². The molecule has 1 aromatic carbocycles. The van der Waals surface area contributed by atoms with Gasteiger partial charge in [0.2, 0.25) is 5.88 Å². The minimum absolute atomic E-state index is 0.0424. The van der Waals surface area contributed by atoms with Crippen molar-refractivity contribution in [2.24, 2.45) is 0 Å². The molecule has 1 amide bonds. The number of carbonyl (C=O) groups is 1. The molecule has 0 saturated heterocycles. The van der Waals surface area contributed by atoms with Crippen molar-refractivity contribution >= 4 is 5.91 Å². The Morgan fingerprint density at radius 2 is 1.84 bits per heavy atom. The second-order valence-electron chi connectivity index (χ2n) is 11.0. The number of benzene rings is 1. The number of aryl methyl sites for hydroxylation is 2. The smallest absolute Gasteiger partial charge is 0.255 e. The van der Waals surface area contributed by atoms with E-state index in [1.807, 2.05) is 35.5 Å². The van der Waals surface area contributed by atoms with E-state index in [0.717, 1.165) is 74.0 Å². The van der Waals surface area contributed by atoms with Crippen molar-refractivity contribution in [2.75, 3.05) is 47.0 Å². The lowest BCUT2D eigenvalue weighted by Gasteiger charge is -2.25. The third kappa shape index (κ3) is 7.57. The average molecular weight is 602 g/mol. The Kier molecular flexibility index (Phi) is 10.5. The van der Waals surface area contributed by atoms with Crippen LogP contribution in [-0.2, 0) is 19.5 Å². The quantitative estimate of drug-likeness (QED) is 0.337. The SMILES string of the molecule is CCc1nc(CN2CCCCN(C(=O)c3ccc(OC)nc3)CCCOc3cc(ccc3OC)-c3nccn3CC2)c(C)[nH]1. The van der Waals surface area contributed by atoms with Gasteiger partial charge in [0.1, 0.15) is 11.6 Å². The van der Waals surface area contributed by atoms with Gasteiger partial charge in [-0.15, -0.1) is 0 Å². The van der Waals surface area contributed by atoms with E-state index in [2.05, 4.69) is 38.3 Å². The van der Waals surface area contributed by atoms with Crippen LogP contribution >= 0.6 is 0 Å². The molecule has 44 heavy (non-hydrogen) atoms. The Labute approximate surface area is 259 Å². The van der Waals surface area contributed by atoms with E-state index in [1.165, 1.54) is 0 Å². The molecule has 2 bridgehead atoms. The minimum atomic E-state index is -0.0424. The van der Waals surface area contributed by atoms with Crippen molar-refractivity contribution in [1.82, 2.24) is 34.3 Å². The monoisotopic (exact) mass is 601 g/mol. The van der Waals surface area contributed by atoms with Gasteiger partial charge in [0.05, 0.1) is 32.1 Å². The maximum Gasteiger partial charge on any atom is 0.255 e. The number of hydrogen-bond donors (Lipinski definition) is 1. The number of methoxy groups -OCH3 is 2. The molecule has 11 heteroatoms. The molecule has 3 aromatic heterocycles. The van der Waals surface area contributed by atoms with Crippen LogP contribution in [0.15, 0.2) is 48.9 Å². The number of rotatable bonds is 6. The van der Waals surface area contributed by atoms with Gasteiger partial charge in [-0.3, -0.25) is 9.69 Å². The molecule has 5 rings (SSSR count). The summed E-state index contributed by atoms with van der Waals surface area (Å²) in [6.07, 6.45) is 8.81. The highest BCUT2D eigenvalue weighted by Gasteiger charge is 2.19. The van der Waals surface area contributed by atoms with Gasteiger partial charge in [0, 0.05) is 75.1 Å². The molecule has 0 fully saturated rings. The fourth-order valence-electron chi connectivity index (χ4n) is 5.49. The summed E-state index contributed by atoms with van der Waals surface area (Å²) < 4.78 is 19.2. The molecule has 1 aliphatic heterocycles. The number of fused-ring (bicyclic) bond motifs is 4. The lowest BCUT2D eigenvalue weighted by molar-refractivity contribution is 0.0741. The van der Waals surface area contributed by atoms with Crippen molar-refractivity contribution in [3.05, 3.63) is 71.7 Å². The Bertz CT molecular complexity index is 1510. The van der Waals surface area contributed by atoms with Crippen molar-refractivity contribution in [1.29, 1.82) is 0 Å². The summed E-state index contributed by atoms with van der Waals surface area (Å²) in [4.78, 5) is 35.1. The molecule has 0 unspecified atom stereocenters. The van der Waals surface area contributed by atoms with Crippen LogP contribution in [0.25, 0.3) is 11.4 Å². The maximum absolute atomic E-state index is 13.6. The number of imidazole rings is 2. The fraction of sp³-hybridized carbons (Fsp3) is 0.455. The van der Waals surface area contributed by atoms with Crippen molar-refractivity contribution in [3.8, 4) is 28.8 Å². The van der Waals surface area contributed by atoms with E-state index in [4.69, 9.17) is 19.2 Å². The Balaban J connectivity index is 1.39. The number of nitrogens with zero attached hydrogens (tertiary/aromatic N) is 6. The lowest BCUT2D eigenvalue weighted by Crippen LogP contribution is -2.34. The molecule has 0 atom stereocenters. The zero-order valence-electron chi connectivity index (χ0n) is 26.2. The molecule has 11 nitrogen and oxygen atoms in total. The summed E-state index contributed by atoms with van der Waals surface area (Å²) in [7, 11) is 3.20. The first-order chi connectivity index (χ1) is 21.5. The number of H-pyrrole nitrogens is 1. The summed E-state index contributed by atoms with van der Waals surface area (Å²) >= 11 is 0. The van der Waals surface area contributed by atoms with Gasteiger partial charge in [-0.25, -0.2) is 15.0 Å². The topological polar surface area (TPSA) is 111 Å². The third-order valence-electron chi connectivity index (χ3n) is 8.00. The molecule has 0 spiro atoms. The van der Waals surface area contributed by atoms with Gasteiger partial charge in [0.25, 0.3) is 5.91 Å². The normalized spacial score (nSPS) is 15.2. The maximum atomic E-state index is 13.6. The first-order valence-corrected chi connectivity index (χ1v) is 15.4. The molecular weight excluding hydrogens is 558 g/mol. The number of pyridine rings is 1. The summed E-state index contributed by atoms with van der Waals surface area (Å²) in [5.41, 5.74) is 3.70. The molecule has 0 radical (unpaired) electrons. The second kappa shape index (κ2) is 14.9. The zero-order valence-corrected chi connectivity index (χ0v) is 26.2. The van der Waals surface area contributed by atoms with Crippen LogP contribution in [0.1, 0.15) is 53.8 Å². The molecule has 234 valence electrons. The summed E-state index contributed by atoms with van der Waals surface area (Å²) in [5.74, 6) is 3.65. The highest BCUT2D eigenvalue weighted by atomic mass is 16.5. The van der Waals surface area contributed by atoms with Gasteiger partial charge in [-0.2, -0.15) is 0 Å². The summed E-state index contributed by atoms with van der Waals surface area (Å²) in [6, 6.07) is 9.41. The zero-order chi connectivity index (χ0) is 30.9. The Morgan fingerprint density at radius 1 is 1.00 bits per heavy atom. The second-order valence-corrected chi connectivity index (χ2v) is 11.0. The molecule has 4 heterocycles. The first kappa shape index (κ1) is 31.1. The van der Waals surface area contributed by atoms with Crippen LogP contribution in [0, 0.1) is 6.92 Å². The molecule has 1 N–H and O–H groups in total. The lowest BCUT2D eigenvalue weighted by atomic mass is 10.2. The third-order valence-corrected chi connectivity index (χ3v) is 8.00. The number of carbonyl (C=O) groups excluding carboxylic acids is 1. The van der Waals surface area contributed by atoms with Gasteiger partial charge >= 0.3 is 0 Å². The van der Waals surface area contributed by atoms with Crippen molar-refractivity contribution in [2.45, 2.75) is 52.6 Å². The number of nitrogens with one attached hydrogen (secondary N) is 1. The van der Waals surface area contributed by atoms with E-state index in [0.29, 0.717) is 49.1 Å². The van der Waals surface area contributed by atoms with Gasteiger partial charge < -0.3 is 28.7 Å². The van der Waals surface area contributed by atoms with Crippen LogP contribution in [0.5, 0.6) is 17.4 Å². The number of amides is 1. The highest BCUT2D eigenvalue weighted by Crippen LogP contribution is 2.32. The molecule has 1 aliphatic rings. The van der Waals surface area contributed by atoms with Gasteiger partial charge in [-0.1, -0.05) is 6.92 Å². The number of aromatic amines is 1. The van der Waals surface area contributed by atoms with Gasteiger partial charge in [-0.05, 0) is 57.0 Å². The van der Waals surface area contributed by atoms with Crippen LogP contribution < -0.4 is 14.2 Å². The highest BCUT2D eigenvalue weighted by molar-refractivity contribution is 5.94. The van der Waals surface area contributed by atoms with Crippen LogP contribution in [0.4, 0.5) is 0 Å². The molecular formula is C33H43N7O4. The van der Waals surface area contributed by atoms with E-state index in [1.54, 1.807) is 32.5 Å². The fourth-order valence-corrected chi connectivity index (χ4v) is 5.49. The van der Waals surface area contributed by atoms with Gasteiger partial charge in [0.15, 0.2) is 11.5 Å². The number of ether oxygens (including phenoxy) is 3. The molecule has 0 saturated carbocycles. The minimum Gasteiger partial charge on any atom is -0.493 e. The average Bonchev–Trinajstić information content (AvgIpc) is 3.67.